The molecule has 0 saturated heterocycles. The van der Waals surface area contributed by atoms with Crippen LogP contribution in [0.1, 0.15) is 10.4 Å². The number of aromatic nitrogens is 2. The molecule has 30 heavy (non-hydrogen) atoms. The number of ketones is 1. The Kier molecular flexibility index (Phi) is 4.48. The zero-order valence-corrected chi connectivity index (χ0v) is 16.5. The first-order valence-electron chi connectivity index (χ1n) is 9.35. The van der Waals surface area contributed by atoms with Crippen LogP contribution in [0.2, 0.25) is 0 Å². The summed E-state index contributed by atoms with van der Waals surface area (Å²) in [6, 6.07) is 19.3. The maximum Gasteiger partial charge on any atom is 0.263 e. The summed E-state index contributed by atoms with van der Waals surface area (Å²) in [5, 5.41) is 4.31. The van der Waals surface area contributed by atoms with Gasteiger partial charge in [0.05, 0.1) is 18.3 Å². The molecule has 0 unspecified atom stereocenters. The molecule has 0 amide bonds. The van der Waals surface area contributed by atoms with E-state index in [2.05, 4.69) is 4.98 Å². The lowest BCUT2D eigenvalue weighted by molar-refractivity contribution is 0.0971. The molecule has 0 aliphatic carbocycles. The third-order valence-corrected chi connectivity index (χ3v) is 5.99. The molecular weight excluding hydrogens is 399 g/mol. The van der Waals surface area contributed by atoms with Crippen molar-refractivity contribution < 1.29 is 9.18 Å². The minimum absolute atomic E-state index is 0.0984. The standard InChI is InChI=1S/C24H15FN2O2S/c25-19-9-7-16(8-10-19)20-13-30-23-22(20)24(29)27(14-26-23)12-21(28)18-6-5-15-3-1-2-4-17(15)11-18/h1-11,13-14H,12H2. The number of nitrogens with zero attached hydrogens (tertiary/aromatic N) is 2. The normalized spacial score (nSPS) is 11.2. The first-order chi connectivity index (χ1) is 14.6. The van der Waals surface area contributed by atoms with Gasteiger partial charge in [-0.05, 0) is 34.5 Å². The monoisotopic (exact) mass is 414 g/mol. The summed E-state index contributed by atoms with van der Waals surface area (Å²) in [5.41, 5.74) is 1.69. The van der Waals surface area contributed by atoms with Crippen LogP contribution in [-0.2, 0) is 6.54 Å². The van der Waals surface area contributed by atoms with Crippen molar-refractivity contribution in [1.82, 2.24) is 9.55 Å². The molecule has 0 atom stereocenters. The van der Waals surface area contributed by atoms with Crippen LogP contribution in [0.25, 0.3) is 32.1 Å². The average molecular weight is 414 g/mol. The van der Waals surface area contributed by atoms with E-state index in [0.717, 1.165) is 16.3 Å². The van der Waals surface area contributed by atoms with Crippen molar-refractivity contribution in [2.45, 2.75) is 6.54 Å². The van der Waals surface area contributed by atoms with E-state index in [1.165, 1.54) is 34.4 Å². The lowest BCUT2D eigenvalue weighted by atomic mass is 10.0. The number of benzene rings is 3. The van der Waals surface area contributed by atoms with Crippen LogP contribution in [0.5, 0.6) is 0 Å². The molecular formula is C24H15FN2O2S. The molecule has 4 nitrogen and oxygen atoms in total. The van der Waals surface area contributed by atoms with Crippen molar-refractivity contribution in [3.8, 4) is 11.1 Å². The highest BCUT2D eigenvalue weighted by molar-refractivity contribution is 7.17. The highest BCUT2D eigenvalue weighted by atomic mass is 32.1. The molecule has 146 valence electrons. The molecule has 0 saturated carbocycles. The third-order valence-electron chi connectivity index (χ3n) is 5.10. The topological polar surface area (TPSA) is 52.0 Å². The molecule has 2 heterocycles. The van der Waals surface area contributed by atoms with Crippen LogP contribution in [0, 0.1) is 5.82 Å². The van der Waals surface area contributed by atoms with Gasteiger partial charge >= 0.3 is 0 Å². The van der Waals surface area contributed by atoms with E-state index in [0.29, 0.717) is 21.3 Å². The van der Waals surface area contributed by atoms with Crippen molar-refractivity contribution in [2.75, 3.05) is 0 Å². The van der Waals surface area contributed by atoms with Crippen LogP contribution >= 0.6 is 11.3 Å². The van der Waals surface area contributed by atoms with E-state index < -0.39 is 0 Å². The lowest BCUT2D eigenvalue weighted by Gasteiger charge is -2.07. The second-order valence-corrected chi connectivity index (χ2v) is 7.86. The Labute approximate surface area is 174 Å². The molecule has 0 spiro atoms. The second-order valence-electron chi connectivity index (χ2n) is 7.00. The zero-order valence-electron chi connectivity index (χ0n) is 15.7. The molecule has 6 heteroatoms. The Bertz CT molecular complexity index is 1470. The van der Waals surface area contributed by atoms with Gasteiger partial charge in [-0.1, -0.05) is 48.5 Å². The second kappa shape index (κ2) is 7.31. The van der Waals surface area contributed by atoms with E-state index in [-0.39, 0.29) is 23.7 Å². The number of rotatable bonds is 4. The number of hydrogen-bond donors (Lipinski definition) is 0. The van der Waals surface area contributed by atoms with Gasteiger partial charge in [-0.25, -0.2) is 9.37 Å². The first-order valence-corrected chi connectivity index (χ1v) is 10.2. The summed E-state index contributed by atoms with van der Waals surface area (Å²) >= 11 is 1.35. The fraction of sp³-hybridized carbons (Fsp3) is 0.0417. The van der Waals surface area contributed by atoms with Crippen molar-refractivity contribution in [3.63, 3.8) is 0 Å². The van der Waals surface area contributed by atoms with Crippen LogP contribution in [0.3, 0.4) is 0 Å². The molecule has 2 aromatic heterocycles. The molecule has 0 aliphatic heterocycles. The summed E-state index contributed by atoms with van der Waals surface area (Å²) in [6.45, 7) is -0.0984. The third kappa shape index (κ3) is 3.21. The van der Waals surface area contributed by atoms with E-state index in [9.17, 15) is 14.0 Å². The summed E-state index contributed by atoms with van der Waals surface area (Å²) in [4.78, 5) is 30.9. The van der Waals surface area contributed by atoms with Gasteiger partial charge in [0.25, 0.3) is 5.56 Å². The SMILES string of the molecule is O=C(Cn1cnc2scc(-c3ccc(F)cc3)c2c1=O)c1ccc2ccccc2c1. The fourth-order valence-corrected chi connectivity index (χ4v) is 4.44. The largest absolute Gasteiger partial charge is 0.292 e. The Morgan fingerprint density at radius 2 is 1.77 bits per heavy atom. The minimum Gasteiger partial charge on any atom is -0.292 e. The van der Waals surface area contributed by atoms with Gasteiger partial charge in [0, 0.05) is 16.5 Å². The maximum atomic E-state index is 13.3. The van der Waals surface area contributed by atoms with E-state index >= 15 is 0 Å². The molecule has 0 aliphatic rings. The van der Waals surface area contributed by atoms with Crippen LogP contribution in [0.4, 0.5) is 4.39 Å². The predicted octanol–water partition coefficient (Wildman–Crippen LogP) is 5.30. The number of hydrogen-bond acceptors (Lipinski definition) is 4. The molecule has 5 rings (SSSR count). The number of halogens is 1. The Morgan fingerprint density at radius 1 is 1.00 bits per heavy atom. The fourth-order valence-electron chi connectivity index (χ4n) is 3.53. The zero-order chi connectivity index (χ0) is 20.7. The average Bonchev–Trinajstić information content (AvgIpc) is 3.21. The first kappa shape index (κ1) is 18.4. The molecule has 3 aromatic carbocycles. The van der Waals surface area contributed by atoms with Gasteiger partial charge in [-0.15, -0.1) is 11.3 Å². The van der Waals surface area contributed by atoms with Crippen molar-refractivity contribution >= 4 is 38.1 Å². The van der Waals surface area contributed by atoms with Crippen molar-refractivity contribution in [2.24, 2.45) is 0 Å². The number of thiophene rings is 1. The lowest BCUT2D eigenvalue weighted by Crippen LogP contribution is -2.24. The van der Waals surface area contributed by atoms with Crippen LogP contribution in [-0.4, -0.2) is 15.3 Å². The smallest absolute Gasteiger partial charge is 0.263 e. The number of carbonyl (C=O) groups excluding carboxylic acids is 1. The van der Waals surface area contributed by atoms with Gasteiger partial charge in [0.1, 0.15) is 10.6 Å². The highest BCUT2D eigenvalue weighted by Crippen LogP contribution is 2.30. The predicted molar refractivity (Wildman–Crippen MR) is 118 cm³/mol. The van der Waals surface area contributed by atoms with Gasteiger partial charge in [0.15, 0.2) is 5.78 Å². The summed E-state index contributed by atoms with van der Waals surface area (Å²) < 4.78 is 14.6. The summed E-state index contributed by atoms with van der Waals surface area (Å²) in [7, 11) is 0. The number of fused-ring (bicyclic) bond motifs is 2. The summed E-state index contributed by atoms with van der Waals surface area (Å²) in [5.74, 6) is -0.502. The van der Waals surface area contributed by atoms with Gasteiger partial charge in [0.2, 0.25) is 0 Å². The number of Topliss-reactive ketones (excluding diaryl/α,β-unsaturated/α-hetero) is 1. The molecule has 0 N–H and O–H groups in total. The molecule has 0 bridgehead atoms. The Hall–Kier alpha value is -3.64. The summed E-state index contributed by atoms with van der Waals surface area (Å²) in [6.07, 6.45) is 1.41. The van der Waals surface area contributed by atoms with E-state index in [1.54, 1.807) is 18.2 Å². The number of carbonyl (C=O) groups is 1. The maximum absolute atomic E-state index is 13.3. The van der Waals surface area contributed by atoms with Crippen LogP contribution in [0.15, 0.2) is 83.2 Å². The molecule has 0 fully saturated rings. The van der Waals surface area contributed by atoms with E-state index in [1.807, 2.05) is 41.8 Å². The van der Waals surface area contributed by atoms with Gasteiger partial charge in [-0.2, -0.15) is 0 Å². The van der Waals surface area contributed by atoms with Crippen molar-refractivity contribution in [1.29, 1.82) is 0 Å². The Morgan fingerprint density at radius 3 is 2.57 bits per heavy atom. The highest BCUT2D eigenvalue weighted by Gasteiger charge is 2.15. The van der Waals surface area contributed by atoms with Crippen molar-refractivity contribution in [3.05, 3.63) is 100 Å². The van der Waals surface area contributed by atoms with Gasteiger partial charge < -0.3 is 0 Å². The quantitative estimate of drug-likeness (QED) is 0.375. The van der Waals surface area contributed by atoms with Gasteiger partial charge in [-0.3, -0.25) is 14.2 Å². The minimum atomic E-state index is -0.338. The molecule has 5 aromatic rings. The molecule has 0 radical (unpaired) electrons. The Balaban J connectivity index is 1.53. The van der Waals surface area contributed by atoms with Crippen LogP contribution < -0.4 is 5.56 Å². The van der Waals surface area contributed by atoms with E-state index in [4.69, 9.17) is 0 Å².